The number of aromatic nitrogens is 2. The van der Waals surface area contributed by atoms with E-state index in [-0.39, 0.29) is 23.4 Å². The summed E-state index contributed by atoms with van der Waals surface area (Å²) in [6, 6.07) is 13.4. The lowest BCUT2D eigenvalue weighted by atomic mass is 10.2. The van der Waals surface area contributed by atoms with Crippen LogP contribution in [0.4, 0.5) is 11.4 Å². The molecule has 0 fully saturated rings. The summed E-state index contributed by atoms with van der Waals surface area (Å²) in [7, 11) is 0. The summed E-state index contributed by atoms with van der Waals surface area (Å²) >= 11 is 0. The Morgan fingerprint density at radius 3 is 2.88 bits per heavy atom. The standard InChI is InChI=1S/C17H12N4O4/c22-17-16-15(12-6-1-2-7-13(12)25-16)19-14(20-17)9-18-10-4-3-5-11(8-10)21(23)24/h1-8,18H,9H2,(H,19,20,22). The van der Waals surface area contributed by atoms with Gasteiger partial charge in [0.25, 0.3) is 11.2 Å². The van der Waals surface area contributed by atoms with Gasteiger partial charge in [-0.05, 0) is 18.2 Å². The first-order valence-corrected chi connectivity index (χ1v) is 7.50. The Labute approximate surface area is 140 Å². The summed E-state index contributed by atoms with van der Waals surface area (Å²) in [5.41, 5.74) is 1.46. The van der Waals surface area contributed by atoms with Crippen LogP contribution < -0.4 is 10.9 Å². The second-order valence-corrected chi connectivity index (χ2v) is 5.45. The smallest absolute Gasteiger partial charge is 0.294 e. The average Bonchev–Trinajstić information content (AvgIpc) is 3.00. The Morgan fingerprint density at radius 1 is 1.20 bits per heavy atom. The minimum atomic E-state index is -0.463. The lowest BCUT2D eigenvalue weighted by molar-refractivity contribution is -0.384. The van der Waals surface area contributed by atoms with Crippen LogP contribution in [0.3, 0.4) is 0 Å². The molecule has 0 aliphatic rings. The Kier molecular flexibility index (Phi) is 3.42. The van der Waals surface area contributed by atoms with E-state index in [2.05, 4.69) is 15.3 Å². The molecule has 2 heterocycles. The highest BCUT2D eigenvalue weighted by Gasteiger charge is 2.13. The molecule has 25 heavy (non-hydrogen) atoms. The average molecular weight is 336 g/mol. The van der Waals surface area contributed by atoms with Crippen molar-refractivity contribution < 1.29 is 9.34 Å². The number of rotatable bonds is 4. The maximum Gasteiger partial charge on any atom is 0.294 e. The topological polar surface area (TPSA) is 114 Å². The van der Waals surface area contributed by atoms with Crippen molar-refractivity contribution in [2.24, 2.45) is 0 Å². The molecule has 0 saturated carbocycles. The molecular weight excluding hydrogens is 324 g/mol. The fourth-order valence-electron chi connectivity index (χ4n) is 2.65. The zero-order valence-electron chi connectivity index (χ0n) is 12.9. The van der Waals surface area contributed by atoms with Crippen molar-refractivity contribution in [2.75, 3.05) is 5.32 Å². The molecule has 8 heteroatoms. The minimum Gasteiger partial charge on any atom is -0.449 e. The molecule has 4 aromatic rings. The van der Waals surface area contributed by atoms with Crippen molar-refractivity contribution in [3.05, 3.63) is 74.8 Å². The van der Waals surface area contributed by atoms with Gasteiger partial charge in [-0.15, -0.1) is 0 Å². The zero-order valence-corrected chi connectivity index (χ0v) is 12.9. The fraction of sp³-hybridized carbons (Fsp3) is 0.0588. The van der Waals surface area contributed by atoms with Crippen molar-refractivity contribution in [2.45, 2.75) is 6.54 Å². The highest BCUT2D eigenvalue weighted by molar-refractivity contribution is 6.01. The third-order valence-corrected chi connectivity index (χ3v) is 3.80. The van der Waals surface area contributed by atoms with Gasteiger partial charge in [0.15, 0.2) is 0 Å². The molecule has 2 aromatic carbocycles. The van der Waals surface area contributed by atoms with Crippen molar-refractivity contribution in [3.63, 3.8) is 0 Å². The van der Waals surface area contributed by atoms with E-state index >= 15 is 0 Å². The number of benzene rings is 2. The Bertz CT molecular complexity index is 1160. The van der Waals surface area contributed by atoms with E-state index in [1.807, 2.05) is 18.2 Å². The number of non-ortho nitro benzene ring substituents is 1. The number of nitrogens with zero attached hydrogens (tertiary/aromatic N) is 2. The zero-order chi connectivity index (χ0) is 17.4. The van der Waals surface area contributed by atoms with Crippen molar-refractivity contribution >= 4 is 33.4 Å². The molecule has 0 spiro atoms. The molecule has 2 aromatic heterocycles. The number of aromatic amines is 1. The predicted molar refractivity (Wildman–Crippen MR) is 92.6 cm³/mol. The summed E-state index contributed by atoms with van der Waals surface area (Å²) in [4.78, 5) is 29.7. The van der Waals surface area contributed by atoms with Gasteiger partial charge in [0.1, 0.15) is 16.9 Å². The summed E-state index contributed by atoms with van der Waals surface area (Å²) in [5, 5.41) is 14.6. The van der Waals surface area contributed by atoms with Crippen LogP contribution in [0.25, 0.3) is 22.1 Å². The SMILES string of the molecule is O=c1[nH]c(CNc2cccc([N+](=O)[O-])c2)nc2c1oc1ccccc12. The second-order valence-electron chi connectivity index (χ2n) is 5.45. The van der Waals surface area contributed by atoms with Gasteiger partial charge in [0.05, 0.1) is 11.5 Å². The lowest BCUT2D eigenvalue weighted by Crippen LogP contribution is -2.13. The van der Waals surface area contributed by atoms with E-state index in [9.17, 15) is 14.9 Å². The minimum absolute atomic E-state index is 0.0114. The predicted octanol–water partition coefficient (Wildman–Crippen LogP) is 3.19. The normalized spacial score (nSPS) is 11.0. The van der Waals surface area contributed by atoms with Gasteiger partial charge < -0.3 is 14.7 Å². The van der Waals surface area contributed by atoms with E-state index in [0.717, 1.165) is 5.39 Å². The van der Waals surface area contributed by atoms with Gasteiger partial charge in [-0.2, -0.15) is 0 Å². The Balaban J connectivity index is 1.68. The summed E-state index contributed by atoms with van der Waals surface area (Å²) in [6.45, 7) is 0.214. The Morgan fingerprint density at radius 2 is 2.04 bits per heavy atom. The third-order valence-electron chi connectivity index (χ3n) is 3.80. The molecule has 0 amide bonds. The summed E-state index contributed by atoms with van der Waals surface area (Å²) in [6.07, 6.45) is 0. The number of furan rings is 1. The second kappa shape index (κ2) is 5.75. The number of nitro benzene ring substituents is 1. The number of H-pyrrole nitrogens is 1. The molecular formula is C17H12N4O4. The number of hydrogen-bond acceptors (Lipinski definition) is 6. The van der Waals surface area contributed by atoms with E-state index in [0.29, 0.717) is 22.6 Å². The van der Waals surface area contributed by atoms with Crippen molar-refractivity contribution in [1.29, 1.82) is 0 Å². The highest BCUT2D eigenvalue weighted by atomic mass is 16.6. The van der Waals surface area contributed by atoms with Crippen molar-refractivity contribution in [1.82, 2.24) is 9.97 Å². The first kappa shape index (κ1) is 14.9. The quantitative estimate of drug-likeness (QED) is 0.437. The van der Waals surface area contributed by atoms with E-state index in [4.69, 9.17) is 4.42 Å². The fourth-order valence-corrected chi connectivity index (χ4v) is 2.65. The van der Waals surface area contributed by atoms with Crippen LogP contribution in [0.1, 0.15) is 5.82 Å². The summed E-state index contributed by atoms with van der Waals surface area (Å²) < 4.78 is 5.54. The molecule has 2 N–H and O–H groups in total. The molecule has 8 nitrogen and oxygen atoms in total. The monoisotopic (exact) mass is 336 g/mol. The first-order valence-electron chi connectivity index (χ1n) is 7.50. The lowest BCUT2D eigenvalue weighted by Gasteiger charge is -2.05. The number of anilines is 1. The molecule has 0 aliphatic heterocycles. The number of para-hydroxylation sites is 1. The van der Waals surface area contributed by atoms with E-state index in [1.165, 1.54) is 12.1 Å². The van der Waals surface area contributed by atoms with E-state index < -0.39 is 4.92 Å². The van der Waals surface area contributed by atoms with Gasteiger partial charge >= 0.3 is 0 Å². The highest BCUT2D eigenvalue weighted by Crippen LogP contribution is 2.24. The number of nitrogens with one attached hydrogen (secondary N) is 2. The van der Waals surface area contributed by atoms with Gasteiger partial charge in [0, 0.05) is 23.2 Å². The van der Waals surface area contributed by atoms with Crippen LogP contribution in [-0.2, 0) is 6.54 Å². The molecule has 0 atom stereocenters. The van der Waals surface area contributed by atoms with Crippen LogP contribution in [0, 0.1) is 10.1 Å². The van der Waals surface area contributed by atoms with Gasteiger partial charge in [0.2, 0.25) is 5.58 Å². The molecule has 0 bridgehead atoms. The molecule has 124 valence electrons. The number of hydrogen-bond donors (Lipinski definition) is 2. The van der Waals surface area contributed by atoms with Crippen LogP contribution >= 0.6 is 0 Å². The van der Waals surface area contributed by atoms with Crippen LogP contribution in [-0.4, -0.2) is 14.9 Å². The molecule has 0 saturated heterocycles. The first-order chi connectivity index (χ1) is 12.1. The largest absolute Gasteiger partial charge is 0.449 e. The Hall–Kier alpha value is -3.68. The summed E-state index contributed by atoms with van der Waals surface area (Å²) in [5.74, 6) is 0.413. The molecule has 0 aliphatic carbocycles. The van der Waals surface area contributed by atoms with Crippen LogP contribution in [0.15, 0.2) is 57.7 Å². The van der Waals surface area contributed by atoms with Gasteiger partial charge in [-0.3, -0.25) is 14.9 Å². The number of fused-ring (bicyclic) bond motifs is 3. The van der Waals surface area contributed by atoms with Crippen molar-refractivity contribution in [3.8, 4) is 0 Å². The van der Waals surface area contributed by atoms with Gasteiger partial charge in [-0.25, -0.2) is 4.98 Å². The van der Waals surface area contributed by atoms with E-state index in [1.54, 1.807) is 18.2 Å². The maximum absolute atomic E-state index is 12.2. The molecule has 4 rings (SSSR count). The van der Waals surface area contributed by atoms with Gasteiger partial charge in [-0.1, -0.05) is 18.2 Å². The molecule has 0 unspecified atom stereocenters. The third kappa shape index (κ3) is 2.69. The van der Waals surface area contributed by atoms with Crippen LogP contribution in [0.2, 0.25) is 0 Å². The maximum atomic E-state index is 12.2. The molecule has 0 radical (unpaired) electrons. The number of nitro groups is 1. The van der Waals surface area contributed by atoms with Crippen LogP contribution in [0.5, 0.6) is 0 Å².